The smallest absolute Gasteiger partial charge is 0.250 e. The van der Waals surface area contributed by atoms with Crippen molar-refractivity contribution in [2.45, 2.75) is 13.0 Å². The number of likely N-dealkylation sites (tertiary alicyclic amines) is 1. The minimum absolute atomic E-state index is 0.101. The highest BCUT2D eigenvalue weighted by Gasteiger charge is 2.26. The molecule has 6 heteroatoms. The zero-order valence-corrected chi connectivity index (χ0v) is 18.1. The van der Waals surface area contributed by atoms with Crippen LogP contribution in [0, 0.1) is 0 Å². The molecule has 0 bridgehead atoms. The van der Waals surface area contributed by atoms with E-state index in [1.807, 2.05) is 23.1 Å². The van der Waals surface area contributed by atoms with Gasteiger partial charge in [-0.05, 0) is 48.9 Å². The van der Waals surface area contributed by atoms with E-state index in [1.165, 1.54) is 5.69 Å². The lowest BCUT2D eigenvalue weighted by Gasteiger charge is -2.35. The van der Waals surface area contributed by atoms with Crippen molar-refractivity contribution in [2.75, 3.05) is 44.7 Å². The molecule has 2 heterocycles. The molecule has 4 rings (SSSR count). The maximum absolute atomic E-state index is 13.0. The van der Waals surface area contributed by atoms with Crippen LogP contribution in [0.1, 0.15) is 17.5 Å². The first-order valence-corrected chi connectivity index (χ1v) is 10.7. The Kier molecular flexibility index (Phi) is 6.14. The van der Waals surface area contributed by atoms with Crippen LogP contribution in [-0.2, 0) is 11.3 Å². The predicted molar refractivity (Wildman–Crippen MR) is 121 cm³/mol. The lowest BCUT2D eigenvalue weighted by Crippen LogP contribution is -2.44. The Morgan fingerprint density at radius 1 is 0.966 bits per heavy atom. The van der Waals surface area contributed by atoms with Gasteiger partial charge in [-0.25, -0.2) is 0 Å². The lowest BCUT2D eigenvalue weighted by atomic mass is 10.1. The Bertz CT molecular complexity index is 935. The number of para-hydroxylation sites is 1. The van der Waals surface area contributed by atoms with Gasteiger partial charge in [0.05, 0.1) is 10.0 Å². The van der Waals surface area contributed by atoms with Crippen LogP contribution < -0.4 is 4.90 Å². The first-order chi connectivity index (χ1) is 14.0. The normalized spacial score (nSPS) is 19.4. The van der Waals surface area contributed by atoms with Gasteiger partial charge >= 0.3 is 0 Å². The fourth-order valence-corrected chi connectivity index (χ4v) is 4.26. The van der Waals surface area contributed by atoms with Gasteiger partial charge in [-0.3, -0.25) is 4.79 Å². The Balaban J connectivity index is 1.51. The third-order valence-electron chi connectivity index (χ3n) is 5.68. The third-order valence-corrected chi connectivity index (χ3v) is 6.42. The average molecular weight is 430 g/mol. The second kappa shape index (κ2) is 8.78. The highest BCUT2D eigenvalue weighted by Crippen LogP contribution is 2.29. The van der Waals surface area contributed by atoms with E-state index in [4.69, 9.17) is 23.2 Å². The van der Waals surface area contributed by atoms with Crippen molar-refractivity contribution in [1.82, 2.24) is 9.80 Å². The molecular weight excluding hydrogens is 405 g/mol. The summed E-state index contributed by atoms with van der Waals surface area (Å²) in [6, 6.07) is 13.9. The number of hydrogen-bond donors (Lipinski definition) is 0. The third kappa shape index (κ3) is 4.61. The van der Waals surface area contributed by atoms with Crippen molar-refractivity contribution in [1.29, 1.82) is 0 Å². The second-order valence-corrected chi connectivity index (χ2v) is 8.56. The Morgan fingerprint density at radius 3 is 2.48 bits per heavy atom. The van der Waals surface area contributed by atoms with Gasteiger partial charge in [-0.2, -0.15) is 0 Å². The van der Waals surface area contributed by atoms with Crippen LogP contribution in [0.2, 0.25) is 10.0 Å². The number of carbonyl (C=O) groups is 1. The van der Waals surface area contributed by atoms with Crippen LogP contribution in [0.15, 0.2) is 48.0 Å². The molecule has 2 saturated heterocycles. The molecule has 2 aliphatic rings. The van der Waals surface area contributed by atoms with Gasteiger partial charge in [0.15, 0.2) is 0 Å². The summed E-state index contributed by atoms with van der Waals surface area (Å²) in [5.74, 6) is 0.101. The monoisotopic (exact) mass is 429 g/mol. The summed E-state index contributed by atoms with van der Waals surface area (Å²) >= 11 is 12.1. The van der Waals surface area contributed by atoms with Crippen LogP contribution in [0.4, 0.5) is 5.69 Å². The number of rotatable bonds is 4. The molecule has 152 valence electrons. The molecule has 2 fully saturated rings. The molecule has 0 saturated carbocycles. The van der Waals surface area contributed by atoms with Gasteiger partial charge in [0, 0.05) is 50.5 Å². The summed E-state index contributed by atoms with van der Waals surface area (Å²) in [5, 5.41) is 1.05. The van der Waals surface area contributed by atoms with Gasteiger partial charge in [0.25, 0.3) is 0 Å². The average Bonchev–Trinajstić information content (AvgIpc) is 3.05. The lowest BCUT2D eigenvalue weighted by molar-refractivity contribution is -0.125. The molecule has 0 aliphatic carbocycles. The molecule has 0 aromatic heterocycles. The fourth-order valence-electron chi connectivity index (χ4n) is 3.94. The van der Waals surface area contributed by atoms with E-state index in [-0.39, 0.29) is 5.91 Å². The second-order valence-electron chi connectivity index (χ2n) is 7.74. The van der Waals surface area contributed by atoms with Crippen LogP contribution in [0.25, 0.3) is 6.08 Å². The van der Waals surface area contributed by atoms with Gasteiger partial charge in [0.2, 0.25) is 5.91 Å². The van der Waals surface area contributed by atoms with Crippen molar-refractivity contribution >= 4 is 40.9 Å². The minimum Gasteiger partial charge on any atom is -0.368 e. The fraction of sp³-hybridized carbons (Fsp3) is 0.348. The summed E-state index contributed by atoms with van der Waals surface area (Å²) in [5.41, 5.74) is 4.19. The van der Waals surface area contributed by atoms with E-state index in [2.05, 4.69) is 41.1 Å². The molecule has 0 radical (unpaired) electrons. The highest BCUT2D eigenvalue weighted by atomic mass is 35.5. The minimum atomic E-state index is 0.101. The number of piperazine rings is 1. The molecule has 0 N–H and O–H groups in total. The molecule has 0 atom stereocenters. The molecule has 2 aliphatic heterocycles. The van der Waals surface area contributed by atoms with E-state index >= 15 is 0 Å². The molecule has 1 amide bonds. The Labute approximate surface area is 182 Å². The molecule has 29 heavy (non-hydrogen) atoms. The van der Waals surface area contributed by atoms with Crippen molar-refractivity contribution in [2.24, 2.45) is 0 Å². The van der Waals surface area contributed by atoms with Gasteiger partial charge in [-0.1, -0.05) is 47.5 Å². The SMILES string of the molecule is CN1CCN(c2ccccc2C=C2CCN(Cc3ccc(Cl)c(Cl)c3)C2=O)CC1. The molecule has 2 aromatic rings. The van der Waals surface area contributed by atoms with E-state index < -0.39 is 0 Å². The Morgan fingerprint density at radius 2 is 1.72 bits per heavy atom. The number of likely N-dealkylation sites (N-methyl/N-ethyl adjacent to an activating group) is 1. The van der Waals surface area contributed by atoms with Crippen LogP contribution >= 0.6 is 23.2 Å². The van der Waals surface area contributed by atoms with Crippen LogP contribution in [-0.4, -0.2) is 55.5 Å². The standard InChI is InChI=1S/C23H25Cl2N3O/c1-26-10-12-27(13-11-26)22-5-3-2-4-18(22)15-19-8-9-28(23(19)29)16-17-6-7-20(24)21(25)14-17/h2-7,14-15H,8-13,16H2,1H3. The topological polar surface area (TPSA) is 26.8 Å². The van der Waals surface area contributed by atoms with Gasteiger partial charge in [-0.15, -0.1) is 0 Å². The molecule has 0 spiro atoms. The van der Waals surface area contributed by atoms with Crippen molar-refractivity contribution < 1.29 is 4.79 Å². The maximum Gasteiger partial charge on any atom is 0.250 e. The summed E-state index contributed by atoms with van der Waals surface area (Å²) in [4.78, 5) is 19.6. The van der Waals surface area contributed by atoms with Crippen molar-refractivity contribution in [3.63, 3.8) is 0 Å². The quantitative estimate of drug-likeness (QED) is 0.666. The summed E-state index contributed by atoms with van der Waals surface area (Å²) < 4.78 is 0. The number of halogens is 2. The van der Waals surface area contributed by atoms with Gasteiger partial charge < -0.3 is 14.7 Å². The van der Waals surface area contributed by atoms with E-state index in [9.17, 15) is 4.79 Å². The molecule has 0 unspecified atom stereocenters. The van der Waals surface area contributed by atoms with E-state index in [0.29, 0.717) is 16.6 Å². The zero-order chi connectivity index (χ0) is 20.4. The Hall–Kier alpha value is -2.01. The number of anilines is 1. The summed E-state index contributed by atoms with van der Waals surface area (Å²) in [7, 11) is 2.16. The molecule has 2 aromatic carbocycles. The first-order valence-electron chi connectivity index (χ1n) is 9.97. The first kappa shape index (κ1) is 20.3. The largest absolute Gasteiger partial charge is 0.368 e. The van der Waals surface area contributed by atoms with E-state index in [1.54, 1.807) is 6.07 Å². The molecule has 4 nitrogen and oxygen atoms in total. The van der Waals surface area contributed by atoms with Crippen LogP contribution in [0.5, 0.6) is 0 Å². The predicted octanol–water partition coefficient (Wildman–Crippen LogP) is 4.56. The van der Waals surface area contributed by atoms with Gasteiger partial charge in [0.1, 0.15) is 0 Å². The number of carbonyl (C=O) groups excluding carboxylic acids is 1. The zero-order valence-electron chi connectivity index (χ0n) is 16.6. The van der Waals surface area contributed by atoms with Crippen LogP contribution in [0.3, 0.4) is 0 Å². The van der Waals surface area contributed by atoms with Crippen molar-refractivity contribution in [3.8, 4) is 0 Å². The summed E-state index contributed by atoms with van der Waals surface area (Å²) in [6.07, 6.45) is 2.84. The number of amides is 1. The van der Waals surface area contributed by atoms with Crippen molar-refractivity contribution in [3.05, 3.63) is 69.2 Å². The number of benzene rings is 2. The maximum atomic E-state index is 13.0. The number of nitrogens with zero attached hydrogens (tertiary/aromatic N) is 3. The number of hydrogen-bond acceptors (Lipinski definition) is 3. The summed E-state index contributed by atoms with van der Waals surface area (Å²) in [6.45, 7) is 5.40. The molecular formula is C23H25Cl2N3O. The highest BCUT2D eigenvalue weighted by molar-refractivity contribution is 6.42. The van der Waals surface area contributed by atoms with E-state index in [0.717, 1.165) is 55.8 Å².